The molecule has 134 valence electrons. The van der Waals surface area contributed by atoms with Gasteiger partial charge in [-0.25, -0.2) is 4.68 Å². The average molecular weight is 372 g/mol. The molecule has 1 heterocycles. The summed E-state index contributed by atoms with van der Waals surface area (Å²) < 4.78 is 12.3. The van der Waals surface area contributed by atoms with Crippen LogP contribution < -0.4 is 14.8 Å². The maximum Gasteiger partial charge on any atom is 0.263 e. The van der Waals surface area contributed by atoms with Gasteiger partial charge in [0, 0.05) is 11.1 Å². The van der Waals surface area contributed by atoms with Gasteiger partial charge < -0.3 is 14.8 Å². The van der Waals surface area contributed by atoms with E-state index in [0.717, 1.165) is 11.3 Å². The van der Waals surface area contributed by atoms with E-state index in [1.807, 2.05) is 24.3 Å². The van der Waals surface area contributed by atoms with E-state index < -0.39 is 0 Å². The highest BCUT2D eigenvalue weighted by Crippen LogP contribution is 2.16. The summed E-state index contributed by atoms with van der Waals surface area (Å²) in [7, 11) is 1.63. The number of carbonyl (C=O) groups excluding carboxylic acids is 1. The highest BCUT2D eigenvalue weighted by Gasteiger charge is 2.09. The number of hydrogen-bond donors (Lipinski definition) is 1. The third kappa shape index (κ3) is 4.77. The molecule has 6 nitrogen and oxygen atoms in total. The van der Waals surface area contributed by atoms with Gasteiger partial charge in [-0.1, -0.05) is 23.7 Å². The number of ether oxygens (including phenoxy) is 2. The first kappa shape index (κ1) is 17.8. The standard InChI is InChI=1S/C19H18ClN3O3/c1-25-16-6-2-14(3-7-16)12-23-18(10-11-21-23)22-19(24)13-26-17-8-4-15(20)5-9-17/h2-11H,12-13H2,1H3,(H,22,24). The van der Waals surface area contributed by atoms with Crippen LogP contribution in [0.15, 0.2) is 60.8 Å². The first-order chi connectivity index (χ1) is 12.6. The Kier molecular flexibility index (Phi) is 5.76. The summed E-state index contributed by atoms with van der Waals surface area (Å²) in [6, 6.07) is 16.3. The van der Waals surface area contributed by atoms with Crippen molar-refractivity contribution in [3.63, 3.8) is 0 Å². The molecule has 0 fully saturated rings. The minimum atomic E-state index is -0.267. The second-order valence-electron chi connectivity index (χ2n) is 5.51. The summed E-state index contributed by atoms with van der Waals surface area (Å²) in [5, 5.41) is 7.67. The van der Waals surface area contributed by atoms with Crippen LogP contribution in [0.4, 0.5) is 5.82 Å². The summed E-state index contributed by atoms with van der Waals surface area (Å²) in [4.78, 5) is 12.1. The van der Waals surface area contributed by atoms with Gasteiger partial charge in [-0.15, -0.1) is 0 Å². The van der Waals surface area contributed by atoms with Crippen molar-refractivity contribution in [1.82, 2.24) is 9.78 Å². The zero-order chi connectivity index (χ0) is 18.4. The monoisotopic (exact) mass is 371 g/mol. The van der Waals surface area contributed by atoms with Gasteiger partial charge in [0.05, 0.1) is 19.9 Å². The van der Waals surface area contributed by atoms with Gasteiger partial charge in [0.15, 0.2) is 6.61 Å². The van der Waals surface area contributed by atoms with Crippen LogP contribution in [-0.4, -0.2) is 29.4 Å². The van der Waals surface area contributed by atoms with Crippen LogP contribution in [0.5, 0.6) is 11.5 Å². The molecule has 0 unspecified atom stereocenters. The Hall–Kier alpha value is -2.99. The second kappa shape index (κ2) is 8.40. The van der Waals surface area contributed by atoms with Crippen LogP contribution in [0.1, 0.15) is 5.56 Å². The number of hydrogen-bond acceptors (Lipinski definition) is 4. The van der Waals surface area contributed by atoms with Crippen molar-refractivity contribution in [3.8, 4) is 11.5 Å². The molecule has 0 spiro atoms. The minimum absolute atomic E-state index is 0.102. The van der Waals surface area contributed by atoms with Gasteiger partial charge in [0.1, 0.15) is 17.3 Å². The lowest BCUT2D eigenvalue weighted by atomic mass is 10.2. The fourth-order valence-corrected chi connectivity index (χ4v) is 2.45. The number of methoxy groups -OCH3 is 1. The van der Waals surface area contributed by atoms with Crippen molar-refractivity contribution in [2.24, 2.45) is 0 Å². The van der Waals surface area contributed by atoms with E-state index in [2.05, 4.69) is 10.4 Å². The van der Waals surface area contributed by atoms with E-state index >= 15 is 0 Å². The molecule has 0 saturated heterocycles. The molecule has 0 aliphatic heterocycles. The number of rotatable bonds is 7. The fraction of sp³-hybridized carbons (Fsp3) is 0.158. The summed E-state index contributed by atoms with van der Waals surface area (Å²) >= 11 is 5.82. The van der Waals surface area contributed by atoms with Crippen molar-refractivity contribution in [1.29, 1.82) is 0 Å². The number of amides is 1. The van der Waals surface area contributed by atoms with Crippen molar-refractivity contribution >= 4 is 23.3 Å². The third-order valence-electron chi connectivity index (χ3n) is 3.66. The van der Waals surface area contributed by atoms with Gasteiger partial charge in [-0.2, -0.15) is 5.10 Å². The second-order valence-corrected chi connectivity index (χ2v) is 5.95. The average Bonchev–Trinajstić information content (AvgIpc) is 3.08. The summed E-state index contributed by atoms with van der Waals surface area (Å²) in [6.07, 6.45) is 1.64. The smallest absolute Gasteiger partial charge is 0.263 e. The van der Waals surface area contributed by atoms with Crippen molar-refractivity contribution < 1.29 is 14.3 Å². The van der Waals surface area contributed by atoms with Crippen LogP contribution in [0.3, 0.4) is 0 Å². The predicted octanol–water partition coefficient (Wildman–Crippen LogP) is 3.61. The zero-order valence-corrected chi connectivity index (χ0v) is 14.9. The Morgan fingerprint density at radius 1 is 1.08 bits per heavy atom. The lowest BCUT2D eigenvalue weighted by Gasteiger charge is -2.10. The first-order valence-corrected chi connectivity index (χ1v) is 8.35. The van der Waals surface area contributed by atoms with Crippen LogP contribution in [0.25, 0.3) is 0 Å². The third-order valence-corrected chi connectivity index (χ3v) is 3.91. The number of halogens is 1. The van der Waals surface area contributed by atoms with Crippen LogP contribution in [0, 0.1) is 0 Å². The topological polar surface area (TPSA) is 65.4 Å². The van der Waals surface area contributed by atoms with Gasteiger partial charge in [-0.3, -0.25) is 4.79 Å². The number of benzene rings is 2. The van der Waals surface area contributed by atoms with Gasteiger partial charge in [0.2, 0.25) is 0 Å². The molecule has 1 aromatic heterocycles. The van der Waals surface area contributed by atoms with Crippen molar-refractivity contribution in [2.45, 2.75) is 6.54 Å². The number of carbonyl (C=O) groups is 1. The summed E-state index contributed by atoms with van der Waals surface area (Å²) in [5.74, 6) is 1.71. The van der Waals surface area contributed by atoms with E-state index in [0.29, 0.717) is 23.1 Å². The minimum Gasteiger partial charge on any atom is -0.497 e. The molecule has 1 N–H and O–H groups in total. The molecule has 26 heavy (non-hydrogen) atoms. The molecule has 1 amide bonds. The maximum atomic E-state index is 12.1. The fourth-order valence-electron chi connectivity index (χ4n) is 2.33. The Morgan fingerprint density at radius 3 is 2.46 bits per heavy atom. The summed E-state index contributed by atoms with van der Waals surface area (Å²) in [6.45, 7) is 0.431. The molecule has 0 bridgehead atoms. The Morgan fingerprint density at radius 2 is 1.77 bits per heavy atom. The lowest BCUT2D eigenvalue weighted by Crippen LogP contribution is -2.22. The van der Waals surface area contributed by atoms with E-state index in [9.17, 15) is 4.79 Å². The largest absolute Gasteiger partial charge is 0.497 e. The van der Waals surface area contributed by atoms with Crippen LogP contribution in [0.2, 0.25) is 5.02 Å². The quantitative estimate of drug-likeness (QED) is 0.689. The van der Waals surface area contributed by atoms with Crippen LogP contribution >= 0.6 is 11.6 Å². The van der Waals surface area contributed by atoms with Gasteiger partial charge in [0.25, 0.3) is 5.91 Å². The number of aromatic nitrogens is 2. The molecule has 7 heteroatoms. The predicted molar refractivity (Wildman–Crippen MR) is 99.9 cm³/mol. The highest BCUT2D eigenvalue weighted by atomic mass is 35.5. The van der Waals surface area contributed by atoms with E-state index in [1.165, 1.54) is 0 Å². The number of nitrogens with zero attached hydrogens (tertiary/aromatic N) is 2. The molecule has 0 radical (unpaired) electrons. The zero-order valence-electron chi connectivity index (χ0n) is 14.2. The van der Waals surface area contributed by atoms with Gasteiger partial charge >= 0.3 is 0 Å². The van der Waals surface area contributed by atoms with Crippen molar-refractivity contribution in [2.75, 3.05) is 19.0 Å². The molecular weight excluding hydrogens is 354 g/mol. The number of anilines is 1. The van der Waals surface area contributed by atoms with Crippen LogP contribution in [-0.2, 0) is 11.3 Å². The normalized spacial score (nSPS) is 10.4. The highest BCUT2D eigenvalue weighted by molar-refractivity contribution is 6.30. The Labute approximate surface area is 156 Å². The van der Waals surface area contributed by atoms with Gasteiger partial charge in [-0.05, 0) is 42.0 Å². The molecule has 0 aliphatic carbocycles. The maximum absolute atomic E-state index is 12.1. The van der Waals surface area contributed by atoms with E-state index in [1.54, 1.807) is 48.3 Å². The lowest BCUT2D eigenvalue weighted by molar-refractivity contribution is -0.118. The molecule has 0 atom stereocenters. The van der Waals surface area contributed by atoms with E-state index in [4.69, 9.17) is 21.1 Å². The SMILES string of the molecule is COc1ccc(Cn2nccc2NC(=O)COc2ccc(Cl)cc2)cc1. The Balaban J connectivity index is 1.57. The summed E-state index contributed by atoms with van der Waals surface area (Å²) in [5.41, 5.74) is 1.04. The molecule has 0 aliphatic rings. The van der Waals surface area contributed by atoms with Crippen molar-refractivity contribution in [3.05, 3.63) is 71.4 Å². The molecule has 0 saturated carbocycles. The molecule has 3 aromatic rings. The Bertz CT molecular complexity index is 860. The first-order valence-electron chi connectivity index (χ1n) is 7.97. The molecular formula is C19H18ClN3O3. The number of nitrogens with one attached hydrogen (secondary N) is 1. The molecule has 2 aromatic carbocycles. The molecule has 3 rings (SSSR count). The van der Waals surface area contributed by atoms with E-state index in [-0.39, 0.29) is 12.5 Å².